The van der Waals surface area contributed by atoms with Crippen molar-refractivity contribution in [1.82, 2.24) is 20.1 Å². The lowest BCUT2D eigenvalue weighted by molar-refractivity contribution is -0.138. The fraction of sp³-hybridized carbons (Fsp3) is 0.516. The fourth-order valence-electron chi connectivity index (χ4n) is 5.47. The second-order valence-electron chi connectivity index (χ2n) is 10.8. The summed E-state index contributed by atoms with van der Waals surface area (Å²) in [6.45, 7) is 5.40. The molecule has 2 aliphatic rings. The molecule has 0 spiro atoms. The van der Waals surface area contributed by atoms with E-state index in [1.165, 1.54) is 4.90 Å². The largest absolute Gasteiger partial charge is 0.481 e. The van der Waals surface area contributed by atoms with Crippen LogP contribution in [0, 0.1) is 5.92 Å². The van der Waals surface area contributed by atoms with Crippen LogP contribution in [0.3, 0.4) is 0 Å². The number of aliphatic carboxylic acids is 1. The summed E-state index contributed by atoms with van der Waals surface area (Å²) in [6.07, 6.45) is 1.13. The van der Waals surface area contributed by atoms with Crippen LogP contribution in [0.5, 0.6) is 0 Å². The number of nitrogens with zero attached hydrogens (tertiary/aromatic N) is 4. The van der Waals surface area contributed by atoms with Gasteiger partial charge in [0.15, 0.2) is 0 Å². The fourth-order valence-corrected chi connectivity index (χ4v) is 5.47. The summed E-state index contributed by atoms with van der Waals surface area (Å²) in [7, 11) is 1.71. The average Bonchev–Trinajstić information content (AvgIpc) is 3.03. The van der Waals surface area contributed by atoms with E-state index in [-0.39, 0.29) is 51.3 Å². The van der Waals surface area contributed by atoms with E-state index in [1.54, 1.807) is 25.0 Å². The molecule has 0 aliphatic carbocycles. The molecule has 2 aromatic rings. The summed E-state index contributed by atoms with van der Waals surface area (Å²) in [5, 5.41) is 12.1. The summed E-state index contributed by atoms with van der Waals surface area (Å²) < 4.78 is 10.4. The Balaban J connectivity index is 1.53. The predicted octanol–water partition coefficient (Wildman–Crippen LogP) is 2.88. The second-order valence-corrected chi connectivity index (χ2v) is 10.8. The zero-order valence-electron chi connectivity index (χ0n) is 24.9. The van der Waals surface area contributed by atoms with Crippen LogP contribution in [0.2, 0.25) is 0 Å². The number of methoxy groups -OCH3 is 1. The average molecular weight is 596 g/mol. The number of rotatable bonds is 11. The zero-order chi connectivity index (χ0) is 30.8. The highest BCUT2D eigenvalue weighted by Crippen LogP contribution is 2.28. The minimum Gasteiger partial charge on any atom is -0.481 e. The molecule has 232 valence electrons. The molecule has 2 N–H and O–H groups in total. The van der Waals surface area contributed by atoms with E-state index in [0.29, 0.717) is 11.6 Å². The number of carbonyl (C=O) groups is 4. The zero-order valence-corrected chi connectivity index (χ0v) is 24.9. The molecule has 4 rings (SSSR count). The molecule has 1 aromatic carbocycles. The first-order chi connectivity index (χ1) is 20.8. The quantitative estimate of drug-likeness (QED) is 0.401. The van der Waals surface area contributed by atoms with Crippen LogP contribution < -0.4 is 10.2 Å². The molecule has 0 saturated carbocycles. The third kappa shape index (κ3) is 8.66. The maximum Gasteiger partial charge on any atom is 0.409 e. The monoisotopic (exact) mass is 595 g/mol. The van der Waals surface area contributed by atoms with Crippen LogP contribution >= 0.6 is 0 Å². The third-order valence-electron chi connectivity index (χ3n) is 7.86. The van der Waals surface area contributed by atoms with Crippen molar-refractivity contribution in [3.05, 3.63) is 48.2 Å². The Labute approximate surface area is 251 Å². The summed E-state index contributed by atoms with van der Waals surface area (Å²) in [6, 6.07) is 12.2. The first kappa shape index (κ1) is 31.7. The lowest BCUT2D eigenvalue weighted by Gasteiger charge is -2.36. The molecule has 0 radical (unpaired) electrons. The van der Waals surface area contributed by atoms with Gasteiger partial charge in [-0.1, -0.05) is 30.3 Å². The van der Waals surface area contributed by atoms with Gasteiger partial charge in [0.2, 0.25) is 5.91 Å². The maximum absolute atomic E-state index is 13.7. The molecule has 1 atom stereocenters. The van der Waals surface area contributed by atoms with E-state index in [2.05, 4.69) is 15.2 Å². The summed E-state index contributed by atoms with van der Waals surface area (Å²) in [5.74, 6) is -1.53. The number of hydrogen-bond donors (Lipinski definition) is 2. The van der Waals surface area contributed by atoms with E-state index in [1.807, 2.05) is 36.4 Å². The van der Waals surface area contributed by atoms with Gasteiger partial charge in [-0.2, -0.15) is 0 Å². The molecule has 0 bridgehead atoms. The molecule has 3 heterocycles. The number of ether oxygens (including phenoxy) is 2. The number of carboxylic acid groups (broad SMARTS) is 1. The van der Waals surface area contributed by atoms with E-state index < -0.39 is 29.9 Å². The highest BCUT2D eigenvalue weighted by atomic mass is 16.6. The number of piperazine rings is 1. The Morgan fingerprint density at radius 3 is 2.30 bits per heavy atom. The van der Waals surface area contributed by atoms with Crippen molar-refractivity contribution in [2.75, 3.05) is 64.5 Å². The normalized spacial score (nSPS) is 16.5. The van der Waals surface area contributed by atoms with Crippen molar-refractivity contribution in [3.63, 3.8) is 0 Å². The number of hydrogen-bond acceptors (Lipinski definition) is 8. The maximum atomic E-state index is 13.7. The first-order valence-electron chi connectivity index (χ1n) is 14.8. The van der Waals surface area contributed by atoms with E-state index in [4.69, 9.17) is 9.47 Å². The van der Waals surface area contributed by atoms with Gasteiger partial charge in [0.05, 0.1) is 12.3 Å². The number of carboxylic acids is 1. The van der Waals surface area contributed by atoms with Crippen LogP contribution in [-0.4, -0.2) is 109 Å². The molecule has 43 heavy (non-hydrogen) atoms. The van der Waals surface area contributed by atoms with Crippen LogP contribution in [0.15, 0.2) is 42.5 Å². The van der Waals surface area contributed by atoms with Crippen LogP contribution in [0.1, 0.15) is 43.1 Å². The van der Waals surface area contributed by atoms with Crippen LogP contribution in [-0.2, 0) is 19.1 Å². The summed E-state index contributed by atoms with van der Waals surface area (Å²) >= 11 is 0. The molecule has 2 aliphatic heterocycles. The number of anilines is 1. The van der Waals surface area contributed by atoms with Crippen molar-refractivity contribution in [2.45, 2.75) is 38.6 Å². The van der Waals surface area contributed by atoms with Crippen molar-refractivity contribution in [3.8, 4) is 11.3 Å². The van der Waals surface area contributed by atoms with Gasteiger partial charge in [0.1, 0.15) is 11.7 Å². The van der Waals surface area contributed by atoms with Crippen molar-refractivity contribution < 1.29 is 33.8 Å². The second kappa shape index (κ2) is 15.3. The molecule has 12 heteroatoms. The molecule has 0 unspecified atom stereocenters. The highest BCUT2D eigenvalue weighted by Gasteiger charge is 2.31. The third-order valence-corrected chi connectivity index (χ3v) is 7.86. The standard InChI is InChI=1S/C31H41N5O7/c1-3-43-31(41)36-17-15-35(16-18-36)30(40)25(9-10-28(37)38)33-29(39)27-20-24(34-13-11-22(12-14-34)21-42-2)19-26(32-27)23-7-5-4-6-8-23/h4-8,19-20,22,25H,3,9-18,21H2,1-2H3,(H,33,39)(H,37,38)/t25-/m0/s1. The number of piperidine rings is 1. The van der Waals surface area contributed by atoms with Crippen LogP contribution in [0.25, 0.3) is 11.3 Å². The highest BCUT2D eigenvalue weighted by molar-refractivity contribution is 5.97. The van der Waals surface area contributed by atoms with Crippen molar-refractivity contribution >= 4 is 29.6 Å². The van der Waals surface area contributed by atoms with E-state index in [0.717, 1.165) is 43.8 Å². The Morgan fingerprint density at radius 2 is 1.67 bits per heavy atom. The minimum atomic E-state index is -1.07. The molecule has 2 fully saturated rings. The lowest BCUT2D eigenvalue weighted by Crippen LogP contribution is -2.56. The van der Waals surface area contributed by atoms with Gasteiger partial charge >= 0.3 is 12.1 Å². The molecular formula is C31H41N5O7. The molecule has 12 nitrogen and oxygen atoms in total. The van der Waals surface area contributed by atoms with Crippen molar-refractivity contribution in [1.29, 1.82) is 0 Å². The first-order valence-corrected chi connectivity index (χ1v) is 14.8. The Hall–Kier alpha value is -4.19. The Kier molecular flexibility index (Phi) is 11.3. The molecule has 3 amide bonds. The number of pyridine rings is 1. The van der Waals surface area contributed by atoms with Gasteiger partial charge in [-0.05, 0) is 44.2 Å². The number of benzene rings is 1. The number of amides is 3. The van der Waals surface area contributed by atoms with E-state index >= 15 is 0 Å². The Bertz CT molecular complexity index is 1260. The lowest BCUT2D eigenvalue weighted by atomic mass is 9.97. The van der Waals surface area contributed by atoms with Gasteiger partial charge in [-0.15, -0.1) is 0 Å². The molecular weight excluding hydrogens is 554 g/mol. The summed E-state index contributed by atoms with van der Waals surface area (Å²) in [5.41, 5.74) is 2.49. The number of aromatic nitrogens is 1. The predicted molar refractivity (Wildman–Crippen MR) is 160 cm³/mol. The van der Waals surface area contributed by atoms with Gasteiger partial charge in [-0.25, -0.2) is 9.78 Å². The van der Waals surface area contributed by atoms with Gasteiger partial charge in [-0.3, -0.25) is 14.4 Å². The SMILES string of the molecule is CCOC(=O)N1CCN(C(=O)[C@H](CCC(=O)O)NC(=O)c2cc(N3CCC(COC)CC3)cc(-c3ccccc3)n2)CC1. The smallest absolute Gasteiger partial charge is 0.409 e. The Morgan fingerprint density at radius 1 is 1.00 bits per heavy atom. The topological polar surface area (TPSA) is 142 Å². The van der Waals surface area contributed by atoms with E-state index in [9.17, 15) is 24.3 Å². The van der Waals surface area contributed by atoms with Gasteiger partial charge in [0.25, 0.3) is 5.91 Å². The minimum absolute atomic E-state index is 0.0732. The number of nitrogens with one attached hydrogen (secondary N) is 1. The summed E-state index contributed by atoms with van der Waals surface area (Å²) in [4.78, 5) is 60.6. The van der Waals surface area contributed by atoms with Gasteiger partial charge < -0.3 is 34.6 Å². The molecule has 2 saturated heterocycles. The molecule has 1 aromatic heterocycles. The van der Waals surface area contributed by atoms with Gasteiger partial charge in [0, 0.05) is 70.7 Å². The number of carbonyl (C=O) groups excluding carboxylic acids is 3. The van der Waals surface area contributed by atoms with Crippen molar-refractivity contribution in [2.24, 2.45) is 5.92 Å². The van der Waals surface area contributed by atoms with Crippen LogP contribution in [0.4, 0.5) is 10.5 Å².